The van der Waals surface area contributed by atoms with Crippen LogP contribution in [0.2, 0.25) is 0 Å². The van der Waals surface area contributed by atoms with Gasteiger partial charge in [-0.1, -0.05) is 0 Å². The van der Waals surface area contributed by atoms with Crippen molar-refractivity contribution in [2.75, 3.05) is 6.79 Å². The maximum atomic E-state index is 11.5. The van der Waals surface area contributed by atoms with Gasteiger partial charge < -0.3 is 25.1 Å². The molecule has 0 saturated heterocycles. The molecule has 1 aliphatic rings. The van der Waals surface area contributed by atoms with Crippen LogP contribution in [0.5, 0.6) is 17.2 Å². The van der Waals surface area contributed by atoms with E-state index in [1.54, 1.807) is 0 Å². The van der Waals surface area contributed by atoms with E-state index in [1.807, 2.05) is 5.32 Å². The lowest BCUT2D eigenvalue weighted by atomic mass is 10.1. The third kappa shape index (κ3) is 3.14. The van der Waals surface area contributed by atoms with Crippen molar-refractivity contribution in [1.82, 2.24) is 5.32 Å². The highest BCUT2D eigenvalue weighted by Gasteiger charge is 2.24. The molecule has 1 aromatic carbocycles. The van der Waals surface area contributed by atoms with E-state index in [2.05, 4.69) is 0 Å². The number of urea groups is 1. The van der Waals surface area contributed by atoms with Gasteiger partial charge in [0.25, 0.3) is 5.91 Å². The van der Waals surface area contributed by atoms with Crippen molar-refractivity contribution in [3.05, 3.63) is 17.7 Å². The second-order valence-corrected chi connectivity index (χ2v) is 4.12. The Morgan fingerprint density at radius 1 is 1.33 bits per heavy atom. The summed E-state index contributed by atoms with van der Waals surface area (Å²) in [4.78, 5) is 33.3. The van der Waals surface area contributed by atoms with E-state index in [1.165, 1.54) is 19.1 Å². The molecule has 0 saturated carbocycles. The van der Waals surface area contributed by atoms with E-state index in [-0.39, 0.29) is 23.9 Å². The molecule has 0 bridgehead atoms. The number of carboxylic acid groups (broad SMARTS) is 1. The van der Waals surface area contributed by atoms with Gasteiger partial charge in [0, 0.05) is 12.1 Å². The number of aromatic carboxylic acids is 1. The first kappa shape index (κ1) is 14.4. The number of carboxylic acids is 1. The Morgan fingerprint density at radius 3 is 2.52 bits per heavy atom. The summed E-state index contributed by atoms with van der Waals surface area (Å²) in [7, 11) is 0. The molecule has 1 atom stereocenters. The number of benzene rings is 1. The van der Waals surface area contributed by atoms with Crippen LogP contribution >= 0.6 is 0 Å². The van der Waals surface area contributed by atoms with Crippen LogP contribution in [0.1, 0.15) is 17.3 Å². The highest BCUT2D eigenvalue weighted by atomic mass is 16.7. The number of ether oxygens (including phenoxy) is 3. The maximum absolute atomic E-state index is 11.5. The van der Waals surface area contributed by atoms with Crippen LogP contribution in [0.3, 0.4) is 0 Å². The first-order valence-electron chi connectivity index (χ1n) is 5.82. The monoisotopic (exact) mass is 296 g/mol. The van der Waals surface area contributed by atoms with Gasteiger partial charge in [0.2, 0.25) is 6.79 Å². The van der Waals surface area contributed by atoms with Crippen LogP contribution in [0.15, 0.2) is 12.1 Å². The summed E-state index contributed by atoms with van der Waals surface area (Å²) in [6.45, 7) is 1.31. The lowest BCUT2D eigenvalue weighted by Gasteiger charge is -2.15. The molecular weight excluding hydrogens is 284 g/mol. The van der Waals surface area contributed by atoms with E-state index in [4.69, 9.17) is 25.1 Å². The minimum Gasteiger partial charge on any atom is -0.480 e. The van der Waals surface area contributed by atoms with Crippen molar-refractivity contribution in [1.29, 1.82) is 0 Å². The number of imide groups is 1. The second kappa shape index (κ2) is 5.57. The molecule has 0 aliphatic carbocycles. The van der Waals surface area contributed by atoms with Gasteiger partial charge in [-0.15, -0.1) is 0 Å². The fourth-order valence-corrected chi connectivity index (χ4v) is 1.65. The number of amides is 3. The zero-order chi connectivity index (χ0) is 15.6. The number of carbonyl (C=O) groups is 3. The van der Waals surface area contributed by atoms with E-state index < -0.39 is 24.0 Å². The smallest absolute Gasteiger partial charge is 0.339 e. The van der Waals surface area contributed by atoms with Gasteiger partial charge in [-0.2, -0.15) is 0 Å². The summed E-state index contributed by atoms with van der Waals surface area (Å²) in [6.07, 6.45) is -1.13. The van der Waals surface area contributed by atoms with Crippen molar-refractivity contribution in [2.24, 2.45) is 5.73 Å². The molecule has 4 N–H and O–H groups in total. The third-order valence-corrected chi connectivity index (χ3v) is 2.62. The van der Waals surface area contributed by atoms with Crippen molar-refractivity contribution in [2.45, 2.75) is 13.0 Å². The maximum Gasteiger partial charge on any atom is 0.339 e. The number of hydrogen-bond acceptors (Lipinski definition) is 6. The molecule has 1 unspecified atom stereocenters. The molecule has 3 amide bonds. The molecule has 9 nitrogen and oxygen atoms in total. The summed E-state index contributed by atoms with van der Waals surface area (Å²) in [5.41, 5.74) is 4.62. The molecule has 1 aromatic rings. The van der Waals surface area contributed by atoms with Crippen LogP contribution in [0, 0.1) is 0 Å². The molecule has 0 radical (unpaired) electrons. The quantitative estimate of drug-likeness (QED) is 0.715. The predicted molar refractivity (Wildman–Crippen MR) is 67.3 cm³/mol. The Bertz CT molecular complexity index is 614. The summed E-state index contributed by atoms with van der Waals surface area (Å²) >= 11 is 0. The van der Waals surface area contributed by atoms with Crippen LogP contribution in [-0.2, 0) is 4.79 Å². The number of hydrogen-bond donors (Lipinski definition) is 3. The van der Waals surface area contributed by atoms with Crippen molar-refractivity contribution in [3.8, 4) is 17.2 Å². The lowest BCUT2D eigenvalue weighted by molar-refractivity contribution is -0.126. The Kier molecular flexibility index (Phi) is 3.83. The molecule has 0 aromatic heterocycles. The van der Waals surface area contributed by atoms with Crippen LogP contribution in [-0.4, -0.2) is 35.9 Å². The highest BCUT2D eigenvalue weighted by Crippen LogP contribution is 2.38. The summed E-state index contributed by atoms with van der Waals surface area (Å²) in [5.74, 6) is -1.56. The Balaban J connectivity index is 2.24. The fraction of sp³-hybridized carbons (Fsp3) is 0.250. The number of primary amides is 1. The number of fused-ring (bicyclic) bond motifs is 1. The topological polar surface area (TPSA) is 137 Å². The minimum absolute atomic E-state index is 0.0322. The molecule has 21 heavy (non-hydrogen) atoms. The van der Waals surface area contributed by atoms with Gasteiger partial charge in [0.15, 0.2) is 17.6 Å². The van der Waals surface area contributed by atoms with Gasteiger partial charge in [-0.25, -0.2) is 9.59 Å². The Labute approximate surface area is 118 Å². The van der Waals surface area contributed by atoms with Crippen molar-refractivity contribution in [3.63, 3.8) is 0 Å². The average Bonchev–Trinajstić information content (AvgIpc) is 2.83. The molecule has 0 fully saturated rings. The second-order valence-electron chi connectivity index (χ2n) is 4.12. The number of nitrogens with two attached hydrogens (primary N) is 1. The van der Waals surface area contributed by atoms with Crippen LogP contribution < -0.4 is 25.3 Å². The van der Waals surface area contributed by atoms with Gasteiger partial charge in [0.05, 0.1) is 0 Å². The minimum atomic E-state index is -1.26. The Hall–Kier alpha value is -2.97. The lowest BCUT2D eigenvalue weighted by Crippen LogP contribution is -2.42. The number of rotatable bonds is 4. The molecule has 0 spiro atoms. The standard InChI is InChI=1S/C12H12N2O7/c1-5(10(15)14-12(13)18)21-7-3-9-8(19-4-20-9)2-6(7)11(16)17/h2-3,5H,4H2,1H3,(H,16,17)(H3,13,14,15,18). The first-order chi connectivity index (χ1) is 9.88. The molecule has 9 heteroatoms. The van der Waals surface area contributed by atoms with Crippen LogP contribution in [0.25, 0.3) is 0 Å². The molecule has 1 aliphatic heterocycles. The normalized spacial score (nSPS) is 13.4. The molecule has 112 valence electrons. The van der Waals surface area contributed by atoms with Gasteiger partial charge in [0.1, 0.15) is 11.3 Å². The summed E-state index contributed by atoms with van der Waals surface area (Å²) in [5, 5.41) is 11.0. The van der Waals surface area contributed by atoms with Crippen LogP contribution in [0.4, 0.5) is 4.79 Å². The molecule has 2 rings (SSSR count). The van der Waals surface area contributed by atoms with Crippen molar-refractivity contribution >= 4 is 17.9 Å². The summed E-state index contributed by atoms with van der Waals surface area (Å²) < 4.78 is 15.4. The number of carbonyl (C=O) groups excluding carboxylic acids is 2. The summed E-state index contributed by atoms with van der Waals surface area (Å²) in [6, 6.07) is 1.51. The van der Waals surface area contributed by atoms with E-state index in [0.717, 1.165) is 0 Å². The Morgan fingerprint density at radius 2 is 1.95 bits per heavy atom. The van der Waals surface area contributed by atoms with Crippen molar-refractivity contribution < 1.29 is 33.7 Å². The van der Waals surface area contributed by atoms with E-state index in [9.17, 15) is 14.4 Å². The SMILES string of the molecule is CC(Oc1cc2c(cc1C(=O)O)OCO2)C(=O)NC(N)=O. The highest BCUT2D eigenvalue weighted by molar-refractivity contribution is 5.96. The number of nitrogens with one attached hydrogen (secondary N) is 1. The molecule has 1 heterocycles. The van der Waals surface area contributed by atoms with E-state index in [0.29, 0.717) is 5.75 Å². The predicted octanol–water partition coefficient (Wildman–Crippen LogP) is 0.0757. The average molecular weight is 296 g/mol. The van der Waals surface area contributed by atoms with E-state index >= 15 is 0 Å². The van der Waals surface area contributed by atoms with Gasteiger partial charge >= 0.3 is 12.0 Å². The van der Waals surface area contributed by atoms with Gasteiger partial charge in [-0.3, -0.25) is 10.1 Å². The first-order valence-corrected chi connectivity index (χ1v) is 5.82. The third-order valence-electron chi connectivity index (χ3n) is 2.62. The zero-order valence-electron chi connectivity index (χ0n) is 10.9. The zero-order valence-corrected chi connectivity index (χ0v) is 10.9. The largest absolute Gasteiger partial charge is 0.480 e. The fourth-order valence-electron chi connectivity index (χ4n) is 1.65. The van der Waals surface area contributed by atoms with Gasteiger partial charge in [-0.05, 0) is 6.92 Å². The molecular formula is C12H12N2O7.